The molecule has 0 radical (unpaired) electrons. The van der Waals surface area contributed by atoms with E-state index in [-0.39, 0.29) is 0 Å². The first-order valence-electron chi connectivity index (χ1n) is 4.94. The number of halogens is 1. The van der Waals surface area contributed by atoms with E-state index < -0.39 is 5.97 Å². The zero-order valence-electron chi connectivity index (χ0n) is 9.31. The number of carbonyl (C=O) groups is 1. The molecule has 0 fully saturated rings. The predicted molar refractivity (Wildman–Crippen MR) is 65.3 cm³/mol. The molecule has 2 aromatic rings. The van der Waals surface area contributed by atoms with Crippen LogP contribution in [0.3, 0.4) is 0 Å². The van der Waals surface area contributed by atoms with Gasteiger partial charge in [-0.1, -0.05) is 11.6 Å². The predicted octanol–water partition coefficient (Wildman–Crippen LogP) is 2.37. The van der Waals surface area contributed by atoms with Crippen molar-refractivity contribution >= 4 is 28.9 Å². The molecule has 90 valence electrons. The van der Waals surface area contributed by atoms with Crippen molar-refractivity contribution in [1.82, 2.24) is 14.8 Å². The van der Waals surface area contributed by atoms with Gasteiger partial charge in [-0.15, -0.1) is 11.3 Å². The van der Waals surface area contributed by atoms with Gasteiger partial charge in [0, 0.05) is 12.4 Å². The van der Waals surface area contributed by atoms with Gasteiger partial charge < -0.3 is 4.74 Å². The normalized spacial score (nSPS) is 10.5. The molecule has 2 rings (SSSR count). The van der Waals surface area contributed by atoms with E-state index >= 15 is 0 Å². The number of hydrogen-bond donors (Lipinski definition) is 0. The third kappa shape index (κ3) is 2.32. The number of nitrogens with zero attached hydrogens (tertiary/aromatic N) is 3. The molecule has 0 atom stereocenters. The Hall–Kier alpha value is -1.40. The Kier molecular flexibility index (Phi) is 3.44. The third-order valence-corrected chi connectivity index (χ3v) is 3.21. The molecule has 7 heteroatoms. The van der Waals surface area contributed by atoms with Crippen LogP contribution in [0.4, 0.5) is 0 Å². The van der Waals surface area contributed by atoms with Crippen LogP contribution in [-0.4, -0.2) is 27.3 Å². The summed E-state index contributed by atoms with van der Waals surface area (Å²) < 4.78 is 6.49. The number of aryl methyl sites for hydroxylation is 1. The Morgan fingerprint density at radius 3 is 3.00 bits per heavy atom. The second-order valence-electron chi connectivity index (χ2n) is 3.22. The molecule has 2 aromatic heterocycles. The van der Waals surface area contributed by atoms with E-state index in [1.165, 1.54) is 11.3 Å². The van der Waals surface area contributed by atoms with Gasteiger partial charge >= 0.3 is 5.97 Å². The molecule has 0 bridgehead atoms. The van der Waals surface area contributed by atoms with Crippen LogP contribution in [-0.2, 0) is 11.8 Å². The lowest BCUT2D eigenvalue weighted by atomic mass is 10.4. The number of thiazole rings is 1. The molecule has 17 heavy (non-hydrogen) atoms. The van der Waals surface area contributed by atoms with Crippen LogP contribution in [0.15, 0.2) is 11.6 Å². The van der Waals surface area contributed by atoms with Crippen molar-refractivity contribution in [2.75, 3.05) is 6.61 Å². The van der Waals surface area contributed by atoms with Crippen molar-refractivity contribution in [2.24, 2.45) is 7.05 Å². The zero-order chi connectivity index (χ0) is 12.4. The Morgan fingerprint density at radius 2 is 2.41 bits per heavy atom. The number of esters is 1. The number of aromatic nitrogens is 3. The van der Waals surface area contributed by atoms with Gasteiger partial charge in [-0.05, 0) is 6.92 Å². The maximum absolute atomic E-state index is 11.5. The Labute approximate surface area is 107 Å². The SMILES string of the molecule is CCOC(=O)c1csc(-c2c(Cl)cnn2C)n1. The number of rotatable bonds is 3. The smallest absolute Gasteiger partial charge is 0.357 e. The van der Waals surface area contributed by atoms with Gasteiger partial charge in [0.05, 0.1) is 17.8 Å². The van der Waals surface area contributed by atoms with Crippen molar-refractivity contribution in [3.8, 4) is 10.7 Å². The maximum Gasteiger partial charge on any atom is 0.357 e. The highest BCUT2D eigenvalue weighted by molar-refractivity contribution is 7.13. The van der Waals surface area contributed by atoms with E-state index in [0.29, 0.717) is 28.0 Å². The quantitative estimate of drug-likeness (QED) is 0.804. The van der Waals surface area contributed by atoms with Crippen molar-refractivity contribution in [3.05, 3.63) is 22.3 Å². The van der Waals surface area contributed by atoms with Crippen molar-refractivity contribution < 1.29 is 9.53 Å². The molecule has 0 N–H and O–H groups in total. The monoisotopic (exact) mass is 271 g/mol. The van der Waals surface area contributed by atoms with Crippen LogP contribution in [0.25, 0.3) is 10.7 Å². The molecule has 0 amide bonds. The lowest BCUT2D eigenvalue weighted by Crippen LogP contribution is -2.05. The fraction of sp³-hybridized carbons (Fsp3) is 0.300. The first-order chi connectivity index (χ1) is 8.13. The zero-order valence-corrected chi connectivity index (χ0v) is 10.9. The summed E-state index contributed by atoms with van der Waals surface area (Å²) in [5.74, 6) is -0.423. The van der Waals surface area contributed by atoms with Gasteiger partial charge in [-0.25, -0.2) is 9.78 Å². The van der Waals surface area contributed by atoms with E-state index in [2.05, 4.69) is 10.1 Å². The van der Waals surface area contributed by atoms with Gasteiger partial charge in [0.25, 0.3) is 0 Å². The maximum atomic E-state index is 11.5. The summed E-state index contributed by atoms with van der Waals surface area (Å²) in [6, 6.07) is 0. The molecular weight excluding hydrogens is 262 g/mol. The number of hydrogen-bond acceptors (Lipinski definition) is 5. The average molecular weight is 272 g/mol. The Balaban J connectivity index is 2.33. The number of ether oxygens (including phenoxy) is 1. The summed E-state index contributed by atoms with van der Waals surface area (Å²) in [6.45, 7) is 2.08. The van der Waals surface area contributed by atoms with E-state index in [4.69, 9.17) is 16.3 Å². The van der Waals surface area contributed by atoms with Crippen LogP contribution in [0.5, 0.6) is 0 Å². The van der Waals surface area contributed by atoms with Crippen LogP contribution in [0.2, 0.25) is 5.02 Å². The van der Waals surface area contributed by atoms with E-state index in [9.17, 15) is 4.79 Å². The topological polar surface area (TPSA) is 57.0 Å². The van der Waals surface area contributed by atoms with Gasteiger partial charge in [0.15, 0.2) is 5.69 Å². The molecule has 0 aromatic carbocycles. The Bertz CT molecular complexity index is 530. The van der Waals surface area contributed by atoms with Gasteiger partial charge in [0.2, 0.25) is 0 Å². The van der Waals surface area contributed by atoms with Crippen molar-refractivity contribution in [2.45, 2.75) is 6.92 Å². The van der Waals surface area contributed by atoms with Gasteiger partial charge in [0.1, 0.15) is 10.7 Å². The van der Waals surface area contributed by atoms with Crippen molar-refractivity contribution in [1.29, 1.82) is 0 Å². The van der Waals surface area contributed by atoms with E-state index in [1.54, 1.807) is 30.2 Å². The minimum Gasteiger partial charge on any atom is -0.461 e. The molecule has 0 spiro atoms. The molecule has 0 aliphatic heterocycles. The van der Waals surface area contributed by atoms with Crippen LogP contribution in [0, 0.1) is 0 Å². The van der Waals surface area contributed by atoms with E-state index in [0.717, 1.165) is 0 Å². The van der Waals surface area contributed by atoms with Crippen LogP contribution in [0.1, 0.15) is 17.4 Å². The standard InChI is InChI=1S/C10H10ClN3O2S/c1-3-16-10(15)7-5-17-9(13-7)8-6(11)4-12-14(8)2/h4-5H,3H2,1-2H3. The largest absolute Gasteiger partial charge is 0.461 e. The molecule has 5 nitrogen and oxygen atoms in total. The number of carbonyl (C=O) groups excluding carboxylic acids is 1. The molecule has 0 saturated heterocycles. The third-order valence-electron chi connectivity index (χ3n) is 2.09. The average Bonchev–Trinajstić information content (AvgIpc) is 2.86. The van der Waals surface area contributed by atoms with Gasteiger partial charge in [-0.2, -0.15) is 5.10 Å². The molecular formula is C10H10ClN3O2S. The van der Waals surface area contributed by atoms with E-state index in [1.807, 2.05) is 0 Å². The van der Waals surface area contributed by atoms with Crippen molar-refractivity contribution in [3.63, 3.8) is 0 Å². The molecule has 2 heterocycles. The molecule has 0 aliphatic carbocycles. The highest BCUT2D eigenvalue weighted by atomic mass is 35.5. The lowest BCUT2D eigenvalue weighted by Gasteiger charge is -1.98. The minimum absolute atomic E-state index is 0.295. The highest BCUT2D eigenvalue weighted by Crippen LogP contribution is 2.29. The summed E-state index contributed by atoms with van der Waals surface area (Å²) in [5, 5.41) is 6.83. The second-order valence-corrected chi connectivity index (χ2v) is 4.49. The summed E-state index contributed by atoms with van der Waals surface area (Å²) in [4.78, 5) is 15.7. The first kappa shape index (κ1) is 12.1. The minimum atomic E-state index is -0.423. The fourth-order valence-corrected chi connectivity index (χ4v) is 2.52. The van der Waals surface area contributed by atoms with Crippen LogP contribution >= 0.6 is 22.9 Å². The fourth-order valence-electron chi connectivity index (χ4n) is 1.33. The summed E-state index contributed by atoms with van der Waals surface area (Å²) >= 11 is 7.33. The molecule has 0 saturated carbocycles. The summed E-state index contributed by atoms with van der Waals surface area (Å²) in [7, 11) is 1.77. The molecule has 0 aliphatic rings. The summed E-state index contributed by atoms with van der Waals surface area (Å²) in [6.07, 6.45) is 1.54. The van der Waals surface area contributed by atoms with Gasteiger partial charge in [-0.3, -0.25) is 4.68 Å². The summed E-state index contributed by atoms with van der Waals surface area (Å²) in [5.41, 5.74) is 0.997. The first-order valence-corrected chi connectivity index (χ1v) is 6.19. The second kappa shape index (κ2) is 4.85. The highest BCUT2D eigenvalue weighted by Gasteiger charge is 2.16. The molecule has 0 unspecified atom stereocenters. The Morgan fingerprint density at radius 1 is 1.65 bits per heavy atom. The van der Waals surface area contributed by atoms with Crippen LogP contribution < -0.4 is 0 Å². The lowest BCUT2D eigenvalue weighted by molar-refractivity contribution is 0.0520.